The fourth-order valence-electron chi connectivity index (χ4n) is 6.59. The number of rotatable bonds is 17. The van der Waals surface area contributed by atoms with E-state index < -0.39 is 52.0 Å². The van der Waals surface area contributed by atoms with Gasteiger partial charge in [0.1, 0.15) is 24.1 Å². The number of nitrogens with zero attached hydrogens (tertiary/aromatic N) is 4. The lowest BCUT2D eigenvalue weighted by molar-refractivity contribution is -0.129. The molecular weight excluding hydrogens is 711 g/mol. The zero-order valence-electron chi connectivity index (χ0n) is 31.5. The first-order valence-electron chi connectivity index (χ1n) is 17.9. The van der Waals surface area contributed by atoms with E-state index >= 15 is 0 Å². The van der Waals surface area contributed by atoms with Gasteiger partial charge >= 0.3 is 6.03 Å². The Morgan fingerprint density at radius 3 is 2.20 bits per heavy atom. The number of sulfonamides is 1. The molecule has 5 rings (SSSR count). The number of hydrogen-bond acceptors (Lipinski definition) is 9. The van der Waals surface area contributed by atoms with Crippen molar-refractivity contribution < 1.29 is 37.4 Å². The number of carbonyl (C=O) groups is 3. The minimum Gasteiger partial charge on any atom is -0.497 e. The first-order chi connectivity index (χ1) is 25.7. The third-order valence-electron chi connectivity index (χ3n) is 9.34. The Morgan fingerprint density at radius 2 is 1.57 bits per heavy atom. The van der Waals surface area contributed by atoms with E-state index in [0.29, 0.717) is 22.7 Å². The summed E-state index contributed by atoms with van der Waals surface area (Å²) >= 11 is 0. The van der Waals surface area contributed by atoms with E-state index in [9.17, 15) is 27.9 Å². The lowest BCUT2D eigenvalue weighted by Crippen LogP contribution is -2.57. The molecule has 4 amide bonds. The van der Waals surface area contributed by atoms with Crippen LogP contribution in [-0.2, 0) is 32.6 Å². The Labute approximate surface area is 316 Å². The Morgan fingerprint density at radius 1 is 0.907 bits per heavy atom. The Bertz CT molecular complexity index is 2040. The largest absolute Gasteiger partial charge is 0.497 e. The average molecular weight is 760 g/mol. The molecule has 1 aliphatic heterocycles. The predicted octanol–water partition coefficient (Wildman–Crippen LogP) is 4.48. The van der Waals surface area contributed by atoms with Crippen LogP contribution in [-0.4, -0.2) is 103 Å². The van der Waals surface area contributed by atoms with Gasteiger partial charge in [-0.05, 0) is 72.4 Å². The third-order valence-corrected chi connectivity index (χ3v) is 11.2. The van der Waals surface area contributed by atoms with Crippen LogP contribution in [0, 0.1) is 11.8 Å². The molecule has 2 N–H and O–H groups in total. The number of carbonyl (C=O) groups excluding carboxylic acids is 3. The molecule has 0 spiro atoms. The van der Waals surface area contributed by atoms with E-state index in [1.807, 2.05) is 56.3 Å². The quantitative estimate of drug-likeness (QED) is 0.148. The molecule has 1 aromatic heterocycles. The Balaban J connectivity index is 1.37. The zero-order chi connectivity index (χ0) is 39.2. The van der Waals surface area contributed by atoms with Gasteiger partial charge in [0.2, 0.25) is 15.9 Å². The van der Waals surface area contributed by atoms with Gasteiger partial charge in [-0.15, -0.1) is 0 Å². The van der Waals surface area contributed by atoms with Crippen LogP contribution in [0.4, 0.5) is 4.79 Å². The SMILES string of the molecule is COc1ccc(S(=O)(=O)N(CC(C)C)C[C@@H](O)[C@H](Cc2ccccc2)NC(=O)[C@H](C(C)C)N2CC(=O)N(Cc3ccc4cc(OC)ccc4n3)C2=O)cc1. The first kappa shape index (κ1) is 40.1. The van der Waals surface area contributed by atoms with Crippen molar-refractivity contribution in [2.75, 3.05) is 33.9 Å². The summed E-state index contributed by atoms with van der Waals surface area (Å²) in [5.74, 6) is -0.350. The summed E-state index contributed by atoms with van der Waals surface area (Å²) in [4.78, 5) is 48.4. The van der Waals surface area contributed by atoms with Gasteiger partial charge in [-0.2, -0.15) is 4.31 Å². The molecule has 54 heavy (non-hydrogen) atoms. The molecule has 3 atom stereocenters. The zero-order valence-corrected chi connectivity index (χ0v) is 32.3. The summed E-state index contributed by atoms with van der Waals surface area (Å²) in [5.41, 5.74) is 1.98. The molecule has 14 heteroatoms. The maximum atomic E-state index is 14.2. The second-order valence-electron chi connectivity index (χ2n) is 14.2. The highest BCUT2D eigenvalue weighted by Gasteiger charge is 2.44. The number of nitrogens with one attached hydrogen (secondary N) is 1. The van der Waals surface area contributed by atoms with Crippen LogP contribution < -0.4 is 14.8 Å². The number of fused-ring (bicyclic) bond motifs is 1. The van der Waals surface area contributed by atoms with Crippen molar-refractivity contribution in [3.63, 3.8) is 0 Å². The molecule has 0 bridgehead atoms. The summed E-state index contributed by atoms with van der Waals surface area (Å²) in [5, 5.41) is 15.6. The second kappa shape index (κ2) is 17.4. The number of aliphatic hydroxyl groups is 1. The molecule has 1 saturated heterocycles. The van der Waals surface area contributed by atoms with Crippen LogP contribution in [0.2, 0.25) is 0 Å². The maximum absolute atomic E-state index is 14.2. The van der Waals surface area contributed by atoms with Gasteiger partial charge in [0.15, 0.2) is 0 Å². The van der Waals surface area contributed by atoms with E-state index in [1.54, 1.807) is 51.3 Å². The molecule has 288 valence electrons. The number of methoxy groups -OCH3 is 2. The molecule has 2 heterocycles. The smallest absolute Gasteiger partial charge is 0.328 e. The molecule has 3 aromatic carbocycles. The van der Waals surface area contributed by atoms with E-state index in [4.69, 9.17) is 9.47 Å². The Kier molecular flexibility index (Phi) is 12.9. The van der Waals surface area contributed by atoms with Crippen molar-refractivity contribution in [3.05, 3.63) is 96.2 Å². The van der Waals surface area contributed by atoms with Crippen molar-refractivity contribution in [1.29, 1.82) is 0 Å². The van der Waals surface area contributed by atoms with Gasteiger partial charge in [0.25, 0.3) is 5.91 Å². The van der Waals surface area contributed by atoms with E-state index in [1.165, 1.54) is 28.4 Å². The van der Waals surface area contributed by atoms with Gasteiger partial charge in [0, 0.05) is 18.5 Å². The van der Waals surface area contributed by atoms with Crippen LogP contribution in [0.25, 0.3) is 10.9 Å². The minimum absolute atomic E-state index is 0.0422. The minimum atomic E-state index is -4.06. The number of aromatic nitrogens is 1. The van der Waals surface area contributed by atoms with E-state index in [2.05, 4.69) is 10.3 Å². The van der Waals surface area contributed by atoms with Gasteiger partial charge < -0.3 is 24.8 Å². The van der Waals surface area contributed by atoms with Crippen LogP contribution >= 0.6 is 0 Å². The van der Waals surface area contributed by atoms with Gasteiger partial charge in [-0.3, -0.25) is 19.5 Å². The van der Waals surface area contributed by atoms with Crippen molar-refractivity contribution in [1.82, 2.24) is 24.4 Å². The molecule has 0 aliphatic carbocycles. The predicted molar refractivity (Wildman–Crippen MR) is 204 cm³/mol. The van der Waals surface area contributed by atoms with Crippen molar-refractivity contribution in [2.24, 2.45) is 11.8 Å². The topological polar surface area (TPSA) is 159 Å². The summed E-state index contributed by atoms with van der Waals surface area (Å²) in [6.45, 7) is 6.73. The van der Waals surface area contributed by atoms with Crippen molar-refractivity contribution in [3.8, 4) is 11.5 Å². The molecule has 0 unspecified atom stereocenters. The number of imide groups is 1. The molecule has 0 saturated carbocycles. The molecule has 4 aromatic rings. The number of urea groups is 1. The normalized spacial score (nSPS) is 15.3. The molecule has 13 nitrogen and oxygen atoms in total. The highest BCUT2D eigenvalue weighted by molar-refractivity contribution is 7.89. The summed E-state index contributed by atoms with van der Waals surface area (Å²) in [7, 11) is -0.987. The number of hydrogen-bond donors (Lipinski definition) is 2. The first-order valence-corrected chi connectivity index (χ1v) is 19.4. The van der Waals surface area contributed by atoms with Gasteiger partial charge in [0.05, 0.1) is 49.0 Å². The number of amides is 4. The van der Waals surface area contributed by atoms with Gasteiger partial charge in [-0.1, -0.05) is 64.1 Å². The number of aliphatic hydroxyl groups excluding tert-OH is 1. The lowest BCUT2D eigenvalue weighted by Gasteiger charge is -2.34. The summed E-state index contributed by atoms with van der Waals surface area (Å²) in [6, 6.07) is 21.6. The highest BCUT2D eigenvalue weighted by atomic mass is 32.2. The number of pyridine rings is 1. The van der Waals surface area contributed by atoms with E-state index in [-0.39, 0.29) is 43.4 Å². The Hall–Kier alpha value is -5.05. The summed E-state index contributed by atoms with van der Waals surface area (Å²) < 4.78 is 39.5. The van der Waals surface area contributed by atoms with E-state index in [0.717, 1.165) is 15.8 Å². The number of ether oxygens (including phenoxy) is 2. The highest BCUT2D eigenvalue weighted by Crippen LogP contribution is 2.25. The lowest BCUT2D eigenvalue weighted by atomic mass is 9.97. The van der Waals surface area contributed by atoms with Crippen LogP contribution in [0.5, 0.6) is 11.5 Å². The van der Waals surface area contributed by atoms with Crippen molar-refractivity contribution >= 4 is 38.8 Å². The van der Waals surface area contributed by atoms with Crippen LogP contribution in [0.3, 0.4) is 0 Å². The fraction of sp³-hybridized carbons (Fsp3) is 0.400. The van der Waals surface area contributed by atoms with Crippen LogP contribution in [0.15, 0.2) is 89.8 Å². The molecule has 1 aliphatic rings. The van der Waals surface area contributed by atoms with Crippen molar-refractivity contribution in [2.45, 2.75) is 63.7 Å². The standard InChI is InChI=1S/C40H49N5O8S/c1-26(2)22-43(54(50,51)33-17-14-31(52-5)15-18-33)24-36(46)35(20-28-10-8-7-9-11-28)42-39(48)38(27(3)4)45-25-37(47)44(40(45)49)23-30-13-12-29-21-32(53-6)16-19-34(29)41-30/h7-19,21,26-27,35-36,38,46H,20,22-25H2,1-6H3,(H,42,48)/t35-,36+,38-/m0/s1. The average Bonchev–Trinajstić information content (AvgIpc) is 3.41. The second-order valence-corrected chi connectivity index (χ2v) is 16.1. The number of benzene rings is 3. The van der Waals surface area contributed by atoms with Gasteiger partial charge in [-0.25, -0.2) is 13.2 Å². The van der Waals surface area contributed by atoms with Crippen LogP contribution in [0.1, 0.15) is 39.0 Å². The molecular formula is C40H49N5O8S. The monoisotopic (exact) mass is 759 g/mol. The molecule has 0 radical (unpaired) electrons. The molecule has 1 fully saturated rings. The maximum Gasteiger partial charge on any atom is 0.328 e. The third kappa shape index (κ3) is 9.35. The summed E-state index contributed by atoms with van der Waals surface area (Å²) in [6.07, 6.45) is -1.17. The fourth-order valence-corrected chi connectivity index (χ4v) is 8.21.